The van der Waals surface area contributed by atoms with Crippen molar-refractivity contribution < 1.29 is 13.2 Å². The Kier molecular flexibility index (Phi) is 5.44. The van der Waals surface area contributed by atoms with Crippen LogP contribution in [0.25, 0.3) is 0 Å². The van der Waals surface area contributed by atoms with Crippen LogP contribution in [0.2, 0.25) is 0 Å². The van der Waals surface area contributed by atoms with Gasteiger partial charge in [0.15, 0.2) is 9.84 Å². The maximum absolute atomic E-state index is 11.6. The van der Waals surface area contributed by atoms with Crippen molar-refractivity contribution >= 4 is 38.6 Å². The summed E-state index contributed by atoms with van der Waals surface area (Å²) in [7, 11) is -3.49. The molecule has 0 spiro atoms. The van der Waals surface area contributed by atoms with Gasteiger partial charge < -0.3 is 11.1 Å². The molecule has 0 aliphatic heterocycles. The lowest BCUT2D eigenvalue weighted by molar-refractivity contribution is -0.113. The highest BCUT2D eigenvalue weighted by atomic mass is 32.2. The first-order valence-corrected chi connectivity index (χ1v) is 7.87. The van der Waals surface area contributed by atoms with E-state index < -0.39 is 21.5 Å². The molecular formula is C12H16N2O3S2. The number of hydrogen-bond donors (Lipinski definition) is 2. The molecule has 104 valence electrons. The van der Waals surface area contributed by atoms with Crippen molar-refractivity contribution in [3.05, 3.63) is 29.8 Å². The highest BCUT2D eigenvalue weighted by Gasteiger charge is 2.17. The Balaban J connectivity index is 2.58. The van der Waals surface area contributed by atoms with Crippen molar-refractivity contribution in [3.63, 3.8) is 0 Å². The molecule has 0 aliphatic carbocycles. The zero-order valence-corrected chi connectivity index (χ0v) is 12.2. The molecule has 19 heavy (non-hydrogen) atoms. The molecule has 0 heterocycles. The molecule has 7 heteroatoms. The van der Waals surface area contributed by atoms with Gasteiger partial charge >= 0.3 is 0 Å². The van der Waals surface area contributed by atoms with Gasteiger partial charge in [0.05, 0.1) is 10.7 Å². The molecule has 1 rings (SSSR count). The summed E-state index contributed by atoms with van der Waals surface area (Å²) in [6, 6.07) is 7.13. The summed E-state index contributed by atoms with van der Waals surface area (Å²) in [5, 5.41) is 2.54. The molecule has 0 unspecified atom stereocenters. The van der Waals surface area contributed by atoms with Crippen LogP contribution in [0, 0.1) is 6.92 Å². The van der Waals surface area contributed by atoms with Crippen LogP contribution in [0.4, 0.5) is 5.69 Å². The molecule has 0 saturated heterocycles. The second-order valence-corrected chi connectivity index (χ2v) is 6.93. The van der Waals surface area contributed by atoms with Gasteiger partial charge in [-0.05, 0) is 24.6 Å². The highest BCUT2D eigenvalue weighted by Crippen LogP contribution is 2.09. The van der Waals surface area contributed by atoms with E-state index in [-0.39, 0.29) is 17.2 Å². The third kappa shape index (κ3) is 6.30. The van der Waals surface area contributed by atoms with E-state index in [0.29, 0.717) is 5.69 Å². The lowest BCUT2D eigenvalue weighted by atomic mass is 10.2. The van der Waals surface area contributed by atoms with Crippen LogP contribution in [-0.2, 0) is 14.6 Å². The fourth-order valence-electron chi connectivity index (χ4n) is 1.45. The number of amides is 1. The Hall–Kier alpha value is -1.47. The number of nitrogens with two attached hydrogens (primary N) is 1. The second-order valence-electron chi connectivity index (χ2n) is 4.23. The average Bonchev–Trinajstić information content (AvgIpc) is 2.25. The lowest BCUT2D eigenvalue weighted by Gasteiger charge is -2.06. The van der Waals surface area contributed by atoms with Crippen molar-refractivity contribution in [2.75, 3.05) is 16.8 Å². The van der Waals surface area contributed by atoms with E-state index in [0.717, 1.165) is 5.56 Å². The molecule has 0 radical (unpaired) electrons. The Labute approximate surface area is 118 Å². The third-order valence-corrected chi connectivity index (χ3v) is 4.04. The topological polar surface area (TPSA) is 89.3 Å². The molecule has 5 nitrogen and oxygen atoms in total. The Morgan fingerprint density at radius 3 is 2.68 bits per heavy atom. The van der Waals surface area contributed by atoms with E-state index >= 15 is 0 Å². The Morgan fingerprint density at radius 1 is 1.42 bits per heavy atom. The van der Waals surface area contributed by atoms with Crippen LogP contribution in [-0.4, -0.2) is 30.8 Å². The summed E-state index contributed by atoms with van der Waals surface area (Å²) in [4.78, 5) is 11.8. The molecule has 0 saturated carbocycles. The Morgan fingerprint density at radius 2 is 2.11 bits per heavy atom. The van der Waals surface area contributed by atoms with Crippen molar-refractivity contribution in [2.24, 2.45) is 5.73 Å². The van der Waals surface area contributed by atoms with E-state index in [2.05, 4.69) is 17.5 Å². The van der Waals surface area contributed by atoms with Gasteiger partial charge in [-0.25, -0.2) is 8.42 Å². The summed E-state index contributed by atoms with van der Waals surface area (Å²) in [6.07, 6.45) is 0.0927. The fraction of sp³-hybridized carbons (Fsp3) is 0.333. The van der Waals surface area contributed by atoms with Gasteiger partial charge in [0.1, 0.15) is 5.75 Å². The Bertz CT molecular complexity index is 582. The first-order valence-electron chi connectivity index (χ1n) is 5.64. The third-order valence-electron chi connectivity index (χ3n) is 2.31. The van der Waals surface area contributed by atoms with E-state index in [1.807, 2.05) is 13.0 Å². The zero-order valence-electron chi connectivity index (χ0n) is 10.5. The second kappa shape index (κ2) is 6.63. The quantitative estimate of drug-likeness (QED) is 0.766. The largest absolute Gasteiger partial charge is 0.393 e. The van der Waals surface area contributed by atoms with Crippen LogP contribution >= 0.6 is 12.2 Å². The number of hydrogen-bond acceptors (Lipinski definition) is 4. The smallest absolute Gasteiger partial charge is 0.239 e. The summed E-state index contributed by atoms with van der Waals surface area (Å²) in [5.41, 5.74) is 6.80. The van der Waals surface area contributed by atoms with Crippen LogP contribution in [0.15, 0.2) is 24.3 Å². The average molecular weight is 300 g/mol. The van der Waals surface area contributed by atoms with Crippen LogP contribution in [0.3, 0.4) is 0 Å². The van der Waals surface area contributed by atoms with Crippen molar-refractivity contribution in [2.45, 2.75) is 13.3 Å². The molecule has 1 amide bonds. The minimum atomic E-state index is -3.49. The molecule has 0 atom stereocenters. The number of nitrogens with one attached hydrogen (secondary N) is 1. The van der Waals surface area contributed by atoms with Crippen LogP contribution < -0.4 is 11.1 Å². The van der Waals surface area contributed by atoms with Crippen molar-refractivity contribution in [1.29, 1.82) is 0 Å². The van der Waals surface area contributed by atoms with Gasteiger partial charge in [-0.3, -0.25) is 4.79 Å². The van der Waals surface area contributed by atoms with E-state index in [4.69, 9.17) is 5.73 Å². The molecule has 0 fully saturated rings. The molecular weight excluding hydrogens is 284 g/mol. The van der Waals surface area contributed by atoms with Crippen LogP contribution in [0.5, 0.6) is 0 Å². The predicted octanol–water partition coefficient (Wildman–Crippen LogP) is 1.02. The molecule has 0 bridgehead atoms. The summed E-state index contributed by atoms with van der Waals surface area (Å²) in [6.45, 7) is 1.88. The number of aryl methyl sites for hydroxylation is 1. The normalized spacial score (nSPS) is 11.0. The van der Waals surface area contributed by atoms with E-state index in [1.54, 1.807) is 18.2 Å². The number of carbonyl (C=O) groups is 1. The summed E-state index contributed by atoms with van der Waals surface area (Å²) < 4.78 is 23.3. The monoisotopic (exact) mass is 300 g/mol. The lowest BCUT2D eigenvalue weighted by Crippen LogP contribution is -2.26. The van der Waals surface area contributed by atoms with Gasteiger partial charge in [-0.2, -0.15) is 0 Å². The van der Waals surface area contributed by atoms with Crippen molar-refractivity contribution in [1.82, 2.24) is 0 Å². The maximum Gasteiger partial charge on any atom is 0.239 e. The van der Waals surface area contributed by atoms with Gasteiger partial charge in [0.25, 0.3) is 0 Å². The summed E-state index contributed by atoms with van der Waals surface area (Å²) >= 11 is 4.61. The summed E-state index contributed by atoms with van der Waals surface area (Å²) in [5.74, 6) is -1.33. The minimum absolute atomic E-state index is 0.0927. The standard InChI is InChI=1S/C12H16N2O3S2/c1-9-3-2-4-10(7-9)14-12(15)8-19(16,17)6-5-11(13)18/h2-4,7H,5-6,8H2,1H3,(H2,13,18)(H,14,15). The fourth-order valence-corrected chi connectivity index (χ4v) is 2.83. The molecule has 1 aromatic carbocycles. The van der Waals surface area contributed by atoms with Crippen LogP contribution in [0.1, 0.15) is 12.0 Å². The first kappa shape index (κ1) is 15.6. The van der Waals surface area contributed by atoms with E-state index in [1.165, 1.54) is 0 Å². The zero-order chi connectivity index (χ0) is 14.5. The minimum Gasteiger partial charge on any atom is -0.393 e. The van der Waals surface area contributed by atoms with Gasteiger partial charge in [0, 0.05) is 12.1 Å². The number of benzene rings is 1. The number of thiocarbonyl (C=S) groups is 1. The molecule has 0 aromatic heterocycles. The number of anilines is 1. The maximum atomic E-state index is 11.6. The first-order chi connectivity index (χ1) is 8.78. The van der Waals surface area contributed by atoms with Crippen molar-refractivity contribution in [3.8, 4) is 0 Å². The predicted molar refractivity (Wildman–Crippen MR) is 79.9 cm³/mol. The van der Waals surface area contributed by atoms with Gasteiger partial charge in [0.2, 0.25) is 5.91 Å². The molecule has 0 aliphatic rings. The number of sulfone groups is 1. The van der Waals surface area contributed by atoms with E-state index in [9.17, 15) is 13.2 Å². The highest BCUT2D eigenvalue weighted by molar-refractivity contribution is 7.92. The molecule has 1 aromatic rings. The SMILES string of the molecule is Cc1cccc(NC(=O)CS(=O)(=O)CCC(N)=S)c1. The van der Waals surface area contributed by atoms with Gasteiger partial charge in [-0.15, -0.1) is 0 Å². The number of carbonyl (C=O) groups excluding carboxylic acids is 1. The molecule has 3 N–H and O–H groups in total. The number of rotatable bonds is 6. The van der Waals surface area contributed by atoms with Gasteiger partial charge in [-0.1, -0.05) is 24.4 Å².